The zero-order valence-electron chi connectivity index (χ0n) is 11.5. The van der Waals surface area contributed by atoms with Crippen LogP contribution in [0.5, 0.6) is 0 Å². The van der Waals surface area contributed by atoms with Gasteiger partial charge in [0.25, 0.3) is 0 Å². The highest BCUT2D eigenvalue weighted by Gasteiger charge is 2.39. The van der Waals surface area contributed by atoms with Gasteiger partial charge in [-0.25, -0.2) is 4.98 Å². The van der Waals surface area contributed by atoms with E-state index in [9.17, 15) is 4.79 Å². The Balaban J connectivity index is 2.09. The van der Waals surface area contributed by atoms with Gasteiger partial charge in [0.15, 0.2) is 0 Å². The molecule has 6 heteroatoms. The van der Waals surface area contributed by atoms with E-state index in [1.807, 2.05) is 13.0 Å². The van der Waals surface area contributed by atoms with Gasteiger partial charge in [-0.3, -0.25) is 4.79 Å². The van der Waals surface area contributed by atoms with Gasteiger partial charge in [-0.2, -0.15) is 4.98 Å². The third kappa shape index (κ3) is 2.94. The van der Waals surface area contributed by atoms with Crippen molar-refractivity contribution in [1.82, 2.24) is 9.97 Å². The average Bonchev–Trinajstić information content (AvgIpc) is 2.81. The number of hydrogen-bond acceptors (Lipinski definition) is 5. The van der Waals surface area contributed by atoms with Gasteiger partial charge in [0, 0.05) is 25.8 Å². The second kappa shape index (κ2) is 5.42. The second-order valence-corrected chi connectivity index (χ2v) is 5.26. The van der Waals surface area contributed by atoms with Gasteiger partial charge in [0.2, 0.25) is 11.9 Å². The number of nitrogens with one attached hydrogen (secondary N) is 1. The number of aromatic nitrogens is 2. The Morgan fingerprint density at radius 1 is 1.63 bits per heavy atom. The standard InChI is InChI=1S/C13H21N5O/c1-3-6-15-12-16-7-4-10(17-12)18-8-5-13(2,9-18)11(14)19/h4,7H,3,5-6,8-9H2,1-2H3,(H2,14,19)(H,15,16,17). The predicted octanol–water partition coefficient (Wildman–Crippen LogP) is 1.00. The Labute approximate surface area is 113 Å². The summed E-state index contributed by atoms with van der Waals surface area (Å²) in [6.07, 6.45) is 3.53. The van der Waals surface area contributed by atoms with Crippen molar-refractivity contribution < 1.29 is 4.79 Å². The molecule has 3 N–H and O–H groups in total. The van der Waals surface area contributed by atoms with Crippen molar-refractivity contribution in [1.29, 1.82) is 0 Å². The van der Waals surface area contributed by atoms with E-state index in [-0.39, 0.29) is 5.91 Å². The molecule has 1 aliphatic rings. The molecule has 0 aliphatic carbocycles. The summed E-state index contributed by atoms with van der Waals surface area (Å²) in [5.41, 5.74) is 5.00. The van der Waals surface area contributed by atoms with E-state index in [4.69, 9.17) is 5.73 Å². The topological polar surface area (TPSA) is 84.1 Å². The lowest BCUT2D eigenvalue weighted by atomic mass is 9.89. The SMILES string of the molecule is CCCNc1nccc(N2CCC(C)(C(N)=O)C2)n1. The molecule has 0 aromatic carbocycles. The molecule has 104 valence electrons. The summed E-state index contributed by atoms with van der Waals surface area (Å²) in [7, 11) is 0. The van der Waals surface area contributed by atoms with Gasteiger partial charge in [0.1, 0.15) is 5.82 Å². The Morgan fingerprint density at radius 2 is 2.42 bits per heavy atom. The molecule has 1 unspecified atom stereocenters. The molecule has 2 heterocycles. The van der Waals surface area contributed by atoms with Crippen LogP contribution >= 0.6 is 0 Å². The molecule has 1 aromatic rings. The van der Waals surface area contributed by atoms with Gasteiger partial charge in [-0.05, 0) is 25.8 Å². The van der Waals surface area contributed by atoms with Crippen LogP contribution in [0.15, 0.2) is 12.3 Å². The van der Waals surface area contributed by atoms with E-state index in [2.05, 4.69) is 27.1 Å². The summed E-state index contributed by atoms with van der Waals surface area (Å²) in [4.78, 5) is 22.2. The molecule has 1 fully saturated rings. The molecule has 0 saturated carbocycles. The molecule has 1 aliphatic heterocycles. The maximum absolute atomic E-state index is 11.5. The number of amides is 1. The third-order valence-electron chi connectivity index (χ3n) is 3.57. The van der Waals surface area contributed by atoms with Crippen molar-refractivity contribution >= 4 is 17.7 Å². The number of anilines is 2. The number of carbonyl (C=O) groups is 1. The molecule has 0 bridgehead atoms. The zero-order valence-corrected chi connectivity index (χ0v) is 11.5. The molecular weight excluding hydrogens is 242 g/mol. The first-order valence-corrected chi connectivity index (χ1v) is 6.67. The van der Waals surface area contributed by atoms with E-state index >= 15 is 0 Å². The van der Waals surface area contributed by atoms with Crippen molar-refractivity contribution in [3.8, 4) is 0 Å². The number of hydrogen-bond donors (Lipinski definition) is 2. The Hall–Kier alpha value is -1.85. The first-order chi connectivity index (χ1) is 9.05. The predicted molar refractivity (Wildman–Crippen MR) is 74.9 cm³/mol. The van der Waals surface area contributed by atoms with Gasteiger partial charge >= 0.3 is 0 Å². The fraction of sp³-hybridized carbons (Fsp3) is 0.615. The smallest absolute Gasteiger partial charge is 0.225 e. The molecule has 1 amide bonds. The van der Waals surface area contributed by atoms with Crippen LogP contribution in [0.2, 0.25) is 0 Å². The number of nitrogens with two attached hydrogens (primary N) is 1. The summed E-state index contributed by atoms with van der Waals surface area (Å²) < 4.78 is 0. The molecule has 6 nitrogen and oxygen atoms in total. The molecule has 2 rings (SSSR count). The van der Waals surface area contributed by atoms with Gasteiger partial charge < -0.3 is 16.0 Å². The molecule has 1 saturated heterocycles. The molecular formula is C13H21N5O. The largest absolute Gasteiger partial charge is 0.369 e. The Kier molecular flexibility index (Phi) is 3.87. The second-order valence-electron chi connectivity index (χ2n) is 5.26. The first kappa shape index (κ1) is 13.6. The summed E-state index contributed by atoms with van der Waals surface area (Å²) >= 11 is 0. The fourth-order valence-corrected chi connectivity index (χ4v) is 2.21. The summed E-state index contributed by atoms with van der Waals surface area (Å²) in [6.45, 7) is 6.26. The Morgan fingerprint density at radius 3 is 3.05 bits per heavy atom. The molecule has 0 radical (unpaired) electrons. The van der Waals surface area contributed by atoms with Crippen molar-refractivity contribution in [2.45, 2.75) is 26.7 Å². The lowest BCUT2D eigenvalue weighted by molar-refractivity contribution is -0.125. The normalized spacial score (nSPS) is 22.5. The summed E-state index contributed by atoms with van der Waals surface area (Å²) in [5, 5.41) is 3.16. The minimum absolute atomic E-state index is 0.242. The van der Waals surface area contributed by atoms with Crippen molar-refractivity contribution in [2.24, 2.45) is 11.1 Å². The van der Waals surface area contributed by atoms with Gasteiger partial charge in [-0.1, -0.05) is 6.92 Å². The maximum atomic E-state index is 11.5. The van der Waals surface area contributed by atoms with Crippen molar-refractivity contribution in [3.05, 3.63) is 12.3 Å². The van der Waals surface area contributed by atoms with Crippen LogP contribution in [-0.4, -0.2) is 35.5 Å². The minimum atomic E-state index is -0.456. The molecule has 19 heavy (non-hydrogen) atoms. The number of rotatable bonds is 5. The molecule has 1 aromatic heterocycles. The van der Waals surface area contributed by atoms with Crippen LogP contribution in [-0.2, 0) is 4.79 Å². The lowest BCUT2D eigenvalue weighted by Gasteiger charge is -2.21. The van der Waals surface area contributed by atoms with Gasteiger partial charge in [0.05, 0.1) is 5.41 Å². The third-order valence-corrected chi connectivity index (χ3v) is 3.57. The monoisotopic (exact) mass is 263 g/mol. The van der Waals surface area contributed by atoms with E-state index < -0.39 is 5.41 Å². The Bertz CT molecular complexity index is 464. The van der Waals surface area contributed by atoms with Gasteiger partial charge in [-0.15, -0.1) is 0 Å². The van der Waals surface area contributed by atoms with E-state index in [1.165, 1.54) is 0 Å². The van der Waals surface area contributed by atoms with E-state index in [0.29, 0.717) is 12.5 Å². The van der Waals surface area contributed by atoms with Crippen LogP contribution in [0.4, 0.5) is 11.8 Å². The average molecular weight is 263 g/mol. The highest BCUT2D eigenvalue weighted by molar-refractivity contribution is 5.82. The van der Waals surface area contributed by atoms with Crippen LogP contribution in [0, 0.1) is 5.41 Å². The van der Waals surface area contributed by atoms with Crippen LogP contribution < -0.4 is 16.0 Å². The summed E-state index contributed by atoms with van der Waals surface area (Å²) in [5.74, 6) is 1.24. The van der Waals surface area contributed by atoms with Crippen molar-refractivity contribution in [3.63, 3.8) is 0 Å². The highest BCUT2D eigenvalue weighted by Crippen LogP contribution is 2.32. The van der Waals surface area contributed by atoms with Crippen molar-refractivity contribution in [2.75, 3.05) is 29.9 Å². The lowest BCUT2D eigenvalue weighted by Crippen LogP contribution is -2.37. The van der Waals surface area contributed by atoms with E-state index in [1.54, 1.807) is 6.20 Å². The summed E-state index contributed by atoms with van der Waals surface area (Å²) in [6, 6.07) is 1.86. The van der Waals surface area contributed by atoms with Crippen LogP contribution in [0.3, 0.4) is 0 Å². The van der Waals surface area contributed by atoms with E-state index in [0.717, 1.165) is 31.7 Å². The van der Waals surface area contributed by atoms with Crippen LogP contribution in [0.1, 0.15) is 26.7 Å². The number of nitrogens with zero attached hydrogens (tertiary/aromatic N) is 3. The molecule has 1 atom stereocenters. The highest BCUT2D eigenvalue weighted by atomic mass is 16.1. The fourth-order valence-electron chi connectivity index (χ4n) is 2.21. The first-order valence-electron chi connectivity index (χ1n) is 6.67. The minimum Gasteiger partial charge on any atom is -0.369 e. The zero-order chi connectivity index (χ0) is 13.9. The van der Waals surface area contributed by atoms with Crippen LogP contribution in [0.25, 0.3) is 0 Å². The number of carbonyl (C=O) groups excluding carboxylic acids is 1. The maximum Gasteiger partial charge on any atom is 0.225 e. The number of primary amides is 1. The molecule has 0 spiro atoms. The quantitative estimate of drug-likeness (QED) is 0.828.